The van der Waals surface area contributed by atoms with Crippen LogP contribution < -0.4 is 21.7 Å². The number of anilines is 1. The van der Waals surface area contributed by atoms with E-state index in [4.69, 9.17) is 10.5 Å². The lowest BCUT2D eigenvalue weighted by Crippen LogP contribution is -2.35. The van der Waals surface area contributed by atoms with Gasteiger partial charge in [-0.25, -0.2) is 9.59 Å². The van der Waals surface area contributed by atoms with Crippen LogP contribution in [0.2, 0.25) is 0 Å². The number of halogens is 2. The summed E-state index contributed by atoms with van der Waals surface area (Å²) in [4.78, 5) is 49.1. The number of hydrogen-bond acceptors (Lipinski definition) is 7. The number of nitrogen functional groups attached to an aromatic ring is 1. The SMILES string of the molecule is Cn1c(N)c(C(=O)COC(=O)c2ccccc2OC(F)F)c(=O)[nH]c1=O. The number of para-hydroxylation sites is 1. The summed E-state index contributed by atoms with van der Waals surface area (Å²) >= 11 is 0. The van der Waals surface area contributed by atoms with E-state index in [-0.39, 0.29) is 5.56 Å². The van der Waals surface area contributed by atoms with Gasteiger partial charge < -0.3 is 15.2 Å². The van der Waals surface area contributed by atoms with Crippen LogP contribution in [0, 0.1) is 0 Å². The summed E-state index contributed by atoms with van der Waals surface area (Å²) in [7, 11) is 1.23. The molecule has 0 aliphatic rings. The van der Waals surface area contributed by atoms with E-state index >= 15 is 0 Å². The first-order valence-electron chi connectivity index (χ1n) is 7.05. The van der Waals surface area contributed by atoms with E-state index in [0.29, 0.717) is 0 Å². The average Bonchev–Trinajstić information content (AvgIpc) is 2.57. The summed E-state index contributed by atoms with van der Waals surface area (Å²) in [5.41, 5.74) is 2.82. The third-order valence-electron chi connectivity index (χ3n) is 3.31. The Morgan fingerprint density at radius 2 is 1.92 bits per heavy atom. The molecule has 0 bridgehead atoms. The van der Waals surface area contributed by atoms with Gasteiger partial charge in [0, 0.05) is 7.05 Å². The number of benzene rings is 1. The summed E-state index contributed by atoms with van der Waals surface area (Å²) in [6, 6.07) is 5.04. The van der Waals surface area contributed by atoms with Crippen LogP contribution in [-0.4, -0.2) is 34.5 Å². The molecule has 0 radical (unpaired) electrons. The number of carbonyl (C=O) groups is 2. The Kier molecular flexibility index (Phi) is 5.50. The highest BCUT2D eigenvalue weighted by Crippen LogP contribution is 2.21. The van der Waals surface area contributed by atoms with Gasteiger partial charge in [0.1, 0.15) is 22.7 Å². The highest BCUT2D eigenvalue weighted by Gasteiger charge is 2.22. The predicted octanol–water partition coefficient (Wildman–Crippen LogP) is 0.297. The minimum atomic E-state index is -3.16. The number of nitrogens with two attached hydrogens (primary N) is 1. The molecule has 1 aromatic carbocycles. The molecule has 0 aliphatic carbocycles. The van der Waals surface area contributed by atoms with Crippen LogP contribution in [0.15, 0.2) is 33.9 Å². The van der Waals surface area contributed by atoms with Crippen molar-refractivity contribution in [2.24, 2.45) is 7.05 Å². The maximum Gasteiger partial charge on any atom is 0.387 e. The van der Waals surface area contributed by atoms with E-state index in [1.807, 2.05) is 4.98 Å². The van der Waals surface area contributed by atoms with Crippen molar-refractivity contribution in [3.63, 3.8) is 0 Å². The van der Waals surface area contributed by atoms with E-state index < -0.39 is 53.4 Å². The quantitative estimate of drug-likeness (QED) is 0.552. The van der Waals surface area contributed by atoms with E-state index in [1.165, 1.54) is 19.2 Å². The van der Waals surface area contributed by atoms with Gasteiger partial charge in [-0.05, 0) is 12.1 Å². The molecule has 26 heavy (non-hydrogen) atoms. The van der Waals surface area contributed by atoms with Crippen molar-refractivity contribution in [1.29, 1.82) is 0 Å². The van der Waals surface area contributed by atoms with Crippen molar-refractivity contribution in [3.8, 4) is 5.75 Å². The smallest absolute Gasteiger partial charge is 0.387 e. The summed E-state index contributed by atoms with van der Waals surface area (Å²) in [6.07, 6.45) is 0. The summed E-state index contributed by atoms with van der Waals surface area (Å²) in [6.45, 7) is -4.05. The number of nitrogens with zero attached hydrogens (tertiary/aromatic N) is 1. The molecule has 0 aliphatic heterocycles. The number of hydrogen-bond donors (Lipinski definition) is 2. The fourth-order valence-electron chi connectivity index (χ4n) is 2.02. The number of alkyl halides is 2. The minimum absolute atomic E-state index is 0.331. The molecule has 0 atom stereocenters. The Bertz CT molecular complexity index is 967. The third kappa shape index (κ3) is 3.94. The molecule has 9 nitrogen and oxygen atoms in total. The molecule has 0 spiro atoms. The standard InChI is InChI=1S/C15H13F2N3O6/c1-20-11(18)10(12(22)19-15(20)24)8(21)6-25-13(23)7-4-2-3-5-9(7)26-14(16)17/h2-5,14H,6,18H2,1H3,(H,19,22,24). The lowest BCUT2D eigenvalue weighted by atomic mass is 10.2. The monoisotopic (exact) mass is 369 g/mol. The number of nitrogens with one attached hydrogen (secondary N) is 1. The van der Waals surface area contributed by atoms with Gasteiger partial charge in [-0.15, -0.1) is 0 Å². The van der Waals surface area contributed by atoms with Crippen LogP contribution in [0.3, 0.4) is 0 Å². The number of rotatable bonds is 6. The van der Waals surface area contributed by atoms with Crippen molar-refractivity contribution < 1.29 is 27.8 Å². The zero-order chi connectivity index (χ0) is 19.4. The van der Waals surface area contributed by atoms with Crippen LogP contribution in [-0.2, 0) is 11.8 Å². The van der Waals surface area contributed by atoms with E-state index in [2.05, 4.69) is 4.74 Å². The molecule has 1 heterocycles. The molecule has 0 saturated heterocycles. The summed E-state index contributed by atoms with van der Waals surface area (Å²) in [5.74, 6) is -2.92. The largest absolute Gasteiger partial charge is 0.454 e. The zero-order valence-electron chi connectivity index (χ0n) is 13.3. The van der Waals surface area contributed by atoms with Crippen molar-refractivity contribution in [3.05, 3.63) is 56.2 Å². The number of ketones is 1. The zero-order valence-corrected chi connectivity index (χ0v) is 13.3. The first-order chi connectivity index (χ1) is 12.2. The third-order valence-corrected chi connectivity index (χ3v) is 3.31. The maximum absolute atomic E-state index is 12.4. The highest BCUT2D eigenvalue weighted by molar-refractivity contribution is 6.02. The molecule has 1 aromatic heterocycles. The second kappa shape index (κ2) is 7.59. The van der Waals surface area contributed by atoms with E-state index in [0.717, 1.165) is 16.7 Å². The highest BCUT2D eigenvalue weighted by atomic mass is 19.3. The Hall–Kier alpha value is -3.50. The van der Waals surface area contributed by atoms with Gasteiger partial charge in [-0.2, -0.15) is 8.78 Å². The molecular formula is C15H13F2N3O6. The van der Waals surface area contributed by atoms with Crippen molar-refractivity contribution in [2.75, 3.05) is 12.3 Å². The summed E-state index contributed by atoms with van der Waals surface area (Å²) < 4.78 is 34.5. The summed E-state index contributed by atoms with van der Waals surface area (Å²) in [5, 5.41) is 0. The van der Waals surface area contributed by atoms with Gasteiger partial charge in [-0.3, -0.25) is 19.1 Å². The van der Waals surface area contributed by atoms with E-state index in [1.54, 1.807) is 0 Å². The number of aromatic nitrogens is 2. The molecule has 11 heteroatoms. The van der Waals surface area contributed by atoms with Gasteiger partial charge in [0.15, 0.2) is 6.61 Å². The molecule has 0 unspecified atom stereocenters. The van der Waals surface area contributed by atoms with Gasteiger partial charge in [0.25, 0.3) is 5.56 Å². The number of esters is 1. The fourth-order valence-corrected chi connectivity index (χ4v) is 2.02. The van der Waals surface area contributed by atoms with Crippen molar-refractivity contribution in [1.82, 2.24) is 9.55 Å². The molecule has 0 fully saturated rings. The Balaban J connectivity index is 2.19. The van der Waals surface area contributed by atoms with Crippen molar-refractivity contribution >= 4 is 17.6 Å². The number of ether oxygens (including phenoxy) is 2. The number of H-pyrrole nitrogens is 1. The molecule has 0 saturated carbocycles. The molecular weight excluding hydrogens is 356 g/mol. The molecule has 0 amide bonds. The van der Waals surface area contributed by atoms with Crippen LogP contribution in [0.5, 0.6) is 5.75 Å². The molecule has 138 valence electrons. The minimum Gasteiger partial charge on any atom is -0.454 e. The van der Waals surface area contributed by atoms with Crippen LogP contribution in [0.25, 0.3) is 0 Å². The fraction of sp³-hybridized carbons (Fsp3) is 0.200. The molecule has 2 rings (SSSR count). The second-order valence-corrected chi connectivity index (χ2v) is 4.95. The first kappa shape index (κ1) is 18.8. The second-order valence-electron chi connectivity index (χ2n) is 4.95. The molecule has 3 N–H and O–H groups in total. The lowest BCUT2D eigenvalue weighted by molar-refractivity contribution is -0.0504. The maximum atomic E-state index is 12.4. The number of Topliss-reactive ketones (excluding diaryl/α,β-unsaturated/α-hetero) is 1. The molecule has 2 aromatic rings. The van der Waals surface area contributed by atoms with Gasteiger partial charge in [-0.1, -0.05) is 12.1 Å². The topological polar surface area (TPSA) is 133 Å². The number of carbonyl (C=O) groups excluding carboxylic acids is 2. The Morgan fingerprint density at radius 1 is 1.27 bits per heavy atom. The van der Waals surface area contributed by atoms with E-state index in [9.17, 15) is 28.0 Å². The van der Waals surface area contributed by atoms with Crippen LogP contribution >= 0.6 is 0 Å². The first-order valence-corrected chi connectivity index (χ1v) is 7.05. The average molecular weight is 369 g/mol. The van der Waals surface area contributed by atoms with Crippen molar-refractivity contribution in [2.45, 2.75) is 6.61 Å². The predicted molar refractivity (Wildman–Crippen MR) is 84.4 cm³/mol. The van der Waals surface area contributed by atoms with Gasteiger partial charge >= 0.3 is 18.3 Å². The Labute approximate surface area is 144 Å². The van der Waals surface area contributed by atoms with Crippen LogP contribution in [0.4, 0.5) is 14.6 Å². The van der Waals surface area contributed by atoms with Gasteiger partial charge in [0.05, 0.1) is 0 Å². The van der Waals surface area contributed by atoms with Gasteiger partial charge in [0.2, 0.25) is 5.78 Å². The normalized spacial score (nSPS) is 10.6. The van der Waals surface area contributed by atoms with Crippen LogP contribution in [0.1, 0.15) is 20.7 Å². The lowest BCUT2D eigenvalue weighted by Gasteiger charge is -2.11. The number of aromatic amines is 1. The Morgan fingerprint density at radius 3 is 2.58 bits per heavy atom.